The van der Waals surface area contributed by atoms with Crippen molar-refractivity contribution in [2.45, 2.75) is 20.0 Å². The fourth-order valence-electron chi connectivity index (χ4n) is 1.85. The highest BCUT2D eigenvalue weighted by Crippen LogP contribution is 2.31. The molecule has 0 aliphatic carbocycles. The molecular weight excluding hydrogens is 311 g/mol. The molecule has 1 heterocycles. The molecule has 1 aromatic heterocycles. The molecule has 2 rings (SSSR count). The van der Waals surface area contributed by atoms with Gasteiger partial charge in [0.25, 0.3) is 0 Å². The summed E-state index contributed by atoms with van der Waals surface area (Å²) in [6.45, 7) is 2.83. The molecule has 0 bridgehead atoms. The molecule has 1 N–H and O–H groups in total. The van der Waals surface area contributed by atoms with E-state index >= 15 is 0 Å². The molecular formula is C12H9BrF3NO. The number of aromatic nitrogens is 1. The topological polar surface area (TPSA) is 32.9 Å². The van der Waals surface area contributed by atoms with Gasteiger partial charge in [0.15, 0.2) is 5.43 Å². The van der Waals surface area contributed by atoms with Gasteiger partial charge in [-0.25, -0.2) is 0 Å². The maximum absolute atomic E-state index is 12.8. The molecule has 0 radical (unpaired) electrons. The number of aromatic amines is 1. The third-order valence-corrected chi connectivity index (χ3v) is 3.75. The van der Waals surface area contributed by atoms with Crippen LogP contribution in [-0.2, 0) is 6.18 Å². The molecule has 0 aliphatic rings. The summed E-state index contributed by atoms with van der Waals surface area (Å²) in [6.07, 6.45) is -4.56. The Morgan fingerprint density at radius 2 is 1.78 bits per heavy atom. The summed E-state index contributed by atoms with van der Waals surface area (Å²) >= 11 is 3.23. The molecule has 6 heteroatoms. The zero-order chi connectivity index (χ0) is 13.7. The van der Waals surface area contributed by atoms with E-state index in [2.05, 4.69) is 20.9 Å². The van der Waals surface area contributed by atoms with Gasteiger partial charge in [-0.15, -0.1) is 0 Å². The van der Waals surface area contributed by atoms with Gasteiger partial charge in [-0.2, -0.15) is 13.2 Å². The first-order chi connectivity index (χ1) is 8.23. The Morgan fingerprint density at radius 1 is 1.17 bits per heavy atom. The van der Waals surface area contributed by atoms with Crippen LogP contribution in [0.15, 0.2) is 21.4 Å². The molecule has 0 atom stereocenters. The number of halogens is 4. The molecule has 0 fully saturated rings. The van der Waals surface area contributed by atoms with Crippen molar-refractivity contribution < 1.29 is 13.2 Å². The van der Waals surface area contributed by atoms with Gasteiger partial charge in [-0.05, 0) is 31.5 Å². The first kappa shape index (κ1) is 13.1. The van der Waals surface area contributed by atoms with Crippen molar-refractivity contribution in [3.8, 4) is 0 Å². The maximum Gasteiger partial charge on any atom is 0.431 e. The van der Waals surface area contributed by atoms with Crippen LogP contribution in [-0.4, -0.2) is 4.98 Å². The van der Waals surface area contributed by atoms with Crippen LogP contribution in [0.1, 0.15) is 16.8 Å². The van der Waals surface area contributed by atoms with E-state index in [1.165, 1.54) is 13.0 Å². The second-order valence-corrected chi connectivity index (χ2v) is 4.90. The van der Waals surface area contributed by atoms with E-state index in [0.717, 1.165) is 0 Å². The number of benzene rings is 1. The lowest BCUT2D eigenvalue weighted by atomic mass is 10.1. The SMILES string of the molecule is Cc1c(C(F)(F)F)[nH]c2c(C)c(Br)ccc2c1=O. The standard InChI is InChI=1S/C12H9BrF3NO/c1-5-8(13)4-3-7-9(5)17-11(12(14,15)16)6(2)10(7)18/h3-4H,1-2H3,(H,17,18). The summed E-state index contributed by atoms with van der Waals surface area (Å²) in [4.78, 5) is 14.3. The fourth-order valence-corrected chi connectivity index (χ4v) is 2.18. The minimum absolute atomic E-state index is 0.215. The van der Waals surface area contributed by atoms with Gasteiger partial charge >= 0.3 is 6.18 Å². The Hall–Kier alpha value is -1.30. The average Bonchev–Trinajstić information content (AvgIpc) is 2.26. The number of hydrogen-bond donors (Lipinski definition) is 1. The zero-order valence-corrected chi connectivity index (χ0v) is 11.2. The Bertz CT molecular complexity index is 688. The third kappa shape index (κ3) is 1.94. The van der Waals surface area contributed by atoms with Crippen LogP contribution in [0.5, 0.6) is 0 Å². The molecule has 0 saturated heterocycles. The zero-order valence-electron chi connectivity index (χ0n) is 9.57. The van der Waals surface area contributed by atoms with Gasteiger partial charge in [0.1, 0.15) is 5.69 Å². The van der Waals surface area contributed by atoms with Crippen LogP contribution < -0.4 is 5.43 Å². The van der Waals surface area contributed by atoms with Crippen LogP contribution in [0, 0.1) is 13.8 Å². The number of fused-ring (bicyclic) bond motifs is 1. The highest BCUT2D eigenvalue weighted by atomic mass is 79.9. The van der Waals surface area contributed by atoms with Crippen molar-refractivity contribution in [1.29, 1.82) is 0 Å². The Morgan fingerprint density at radius 3 is 2.33 bits per heavy atom. The molecule has 0 amide bonds. The number of nitrogens with one attached hydrogen (secondary N) is 1. The summed E-state index contributed by atoms with van der Waals surface area (Å²) in [6, 6.07) is 3.16. The van der Waals surface area contributed by atoms with Crippen LogP contribution in [0.4, 0.5) is 13.2 Å². The minimum Gasteiger partial charge on any atom is -0.350 e. The smallest absolute Gasteiger partial charge is 0.350 e. The summed E-state index contributed by atoms with van der Waals surface area (Å²) in [5.41, 5.74) is -1.09. The monoisotopic (exact) mass is 319 g/mol. The van der Waals surface area contributed by atoms with Gasteiger partial charge in [0, 0.05) is 15.4 Å². The van der Waals surface area contributed by atoms with E-state index in [4.69, 9.17) is 0 Å². The number of aryl methyl sites for hydroxylation is 1. The second-order valence-electron chi connectivity index (χ2n) is 4.05. The van der Waals surface area contributed by atoms with Crippen molar-refractivity contribution in [2.24, 2.45) is 0 Å². The predicted octanol–water partition coefficient (Wildman–Crippen LogP) is 3.93. The van der Waals surface area contributed by atoms with Gasteiger partial charge in [-0.1, -0.05) is 15.9 Å². The molecule has 96 valence electrons. The molecule has 0 spiro atoms. The van der Waals surface area contributed by atoms with E-state index < -0.39 is 17.3 Å². The van der Waals surface area contributed by atoms with Crippen LogP contribution in [0.25, 0.3) is 10.9 Å². The molecule has 0 saturated carbocycles. The molecule has 0 unspecified atom stereocenters. The Kier molecular flexibility index (Phi) is 3.01. The first-order valence-corrected chi connectivity index (χ1v) is 5.91. The van der Waals surface area contributed by atoms with Crippen molar-refractivity contribution >= 4 is 26.8 Å². The number of pyridine rings is 1. The third-order valence-electron chi connectivity index (χ3n) is 2.89. The Labute approximate surface area is 109 Å². The predicted molar refractivity (Wildman–Crippen MR) is 66.7 cm³/mol. The first-order valence-electron chi connectivity index (χ1n) is 5.12. The van der Waals surface area contributed by atoms with Crippen LogP contribution in [0.2, 0.25) is 0 Å². The maximum atomic E-state index is 12.8. The summed E-state index contributed by atoms with van der Waals surface area (Å²) in [5.74, 6) is 0. The van der Waals surface area contributed by atoms with E-state index in [0.29, 0.717) is 10.0 Å². The molecule has 18 heavy (non-hydrogen) atoms. The lowest BCUT2D eigenvalue weighted by Crippen LogP contribution is -2.19. The average molecular weight is 320 g/mol. The lowest BCUT2D eigenvalue weighted by Gasteiger charge is -2.13. The highest BCUT2D eigenvalue weighted by Gasteiger charge is 2.35. The van der Waals surface area contributed by atoms with Gasteiger partial charge in [-0.3, -0.25) is 4.79 Å². The van der Waals surface area contributed by atoms with E-state index in [1.54, 1.807) is 13.0 Å². The highest BCUT2D eigenvalue weighted by molar-refractivity contribution is 9.10. The van der Waals surface area contributed by atoms with Gasteiger partial charge < -0.3 is 4.98 Å². The molecule has 1 aromatic carbocycles. The quantitative estimate of drug-likeness (QED) is 0.784. The van der Waals surface area contributed by atoms with Crippen LogP contribution in [0.3, 0.4) is 0 Å². The molecule has 0 aliphatic heterocycles. The Balaban J connectivity index is 2.99. The van der Waals surface area contributed by atoms with Crippen molar-refractivity contribution in [2.75, 3.05) is 0 Å². The summed E-state index contributed by atoms with van der Waals surface area (Å²) in [5, 5.41) is 0.265. The van der Waals surface area contributed by atoms with E-state index in [9.17, 15) is 18.0 Å². The number of H-pyrrole nitrogens is 1. The summed E-state index contributed by atoms with van der Waals surface area (Å²) in [7, 11) is 0. The summed E-state index contributed by atoms with van der Waals surface area (Å²) < 4.78 is 39.1. The van der Waals surface area contributed by atoms with Crippen molar-refractivity contribution in [3.63, 3.8) is 0 Å². The lowest BCUT2D eigenvalue weighted by molar-refractivity contribution is -0.141. The van der Waals surface area contributed by atoms with Crippen molar-refractivity contribution in [3.05, 3.63) is 43.6 Å². The van der Waals surface area contributed by atoms with E-state index in [1.807, 2.05) is 0 Å². The largest absolute Gasteiger partial charge is 0.431 e. The normalized spacial score (nSPS) is 12.1. The molecule has 2 aromatic rings. The molecule has 2 nitrogen and oxygen atoms in total. The number of rotatable bonds is 0. The van der Waals surface area contributed by atoms with Crippen molar-refractivity contribution in [1.82, 2.24) is 4.98 Å². The van der Waals surface area contributed by atoms with E-state index in [-0.39, 0.29) is 16.5 Å². The van der Waals surface area contributed by atoms with Gasteiger partial charge in [0.2, 0.25) is 0 Å². The minimum atomic E-state index is -4.56. The number of hydrogen-bond acceptors (Lipinski definition) is 1. The van der Waals surface area contributed by atoms with Crippen LogP contribution >= 0.6 is 15.9 Å². The number of alkyl halides is 3. The van der Waals surface area contributed by atoms with Gasteiger partial charge in [0.05, 0.1) is 5.52 Å². The fraction of sp³-hybridized carbons (Fsp3) is 0.250. The second kappa shape index (κ2) is 4.12.